The molecule has 2 aromatic heterocycles. The number of aromatic nitrogens is 2. The monoisotopic (exact) mass is 566 g/mol. The molecule has 40 heavy (non-hydrogen) atoms. The first-order valence-electron chi connectivity index (χ1n) is 12.9. The number of hydrogen-bond acceptors (Lipinski definition) is 4. The highest BCUT2D eigenvalue weighted by Gasteiger charge is 2.42. The second-order valence-electron chi connectivity index (χ2n) is 9.50. The van der Waals surface area contributed by atoms with Crippen molar-refractivity contribution in [2.45, 2.75) is 19.0 Å². The van der Waals surface area contributed by atoms with E-state index in [1.165, 1.54) is 0 Å². The predicted molar refractivity (Wildman–Crippen MR) is 163 cm³/mol. The fourth-order valence-corrected chi connectivity index (χ4v) is 5.50. The molecule has 1 fully saturated rings. The third kappa shape index (κ3) is 5.01. The van der Waals surface area contributed by atoms with E-state index in [1.54, 1.807) is 7.11 Å². The number of methoxy groups -OCH3 is 1. The van der Waals surface area contributed by atoms with Gasteiger partial charge in [-0.25, -0.2) is 0 Å². The molecule has 6 rings (SSSR count). The number of nitrogens with one attached hydrogen (secondary N) is 1. The first kappa shape index (κ1) is 25.9. The second kappa shape index (κ2) is 11.0. The van der Waals surface area contributed by atoms with E-state index in [0.717, 1.165) is 50.6 Å². The molecule has 1 aliphatic heterocycles. The van der Waals surface area contributed by atoms with Gasteiger partial charge in [0.05, 0.1) is 18.8 Å². The van der Waals surface area contributed by atoms with E-state index in [2.05, 4.69) is 44.2 Å². The smallest absolute Gasteiger partial charge is 0.174 e. The number of ether oxygens (including phenoxy) is 2. The molecule has 6 nitrogen and oxygen atoms in total. The Morgan fingerprint density at radius 1 is 0.850 bits per heavy atom. The Kier molecular flexibility index (Phi) is 7.15. The maximum absolute atomic E-state index is 6.34. The van der Waals surface area contributed by atoms with Crippen molar-refractivity contribution in [2.75, 3.05) is 12.0 Å². The van der Waals surface area contributed by atoms with Crippen molar-refractivity contribution < 1.29 is 9.47 Å². The number of nitrogens with zero attached hydrogens (tertiary/aromatic N) is 3. The summed E-state index contributed by atoms with van der Waals surface area (Å²) in [4.78, 5) is 6.83. The van der Waals surface area contributed by atoms with Gasteiger partial charge in [-0.3, -0.25) is 4.98 Å². The first-order valence-corrected chi connectivity index (χ1v) is 13.7. The van der Waals surface area contributed by atoms with Crippen LogP contribution in [0.2, 0.25) is 5.02 Å². The van der Waals surface area contributed by atoms with Crippen LogP contribution >= 0.6 is 23.8 Å². The molecule has 1 N–H and O–H groups in total. The number of pyridine rings is 1. The Balaban J connectivity index is 1.37. The molecule has 1 aliphatic rings. The topological polar surface area (TPSA) is 51.6 Å². The molecule has 0 saturated carbocycles. The number of rotatable bonds is 7. The third-order valence-corrected chi connectivity index (χ3v) is 7.75. The largest absolute Gasteiger partial charge is 0.497 e. The van der Waals surface area contributed by atoms with Gasteiger partial charge in [0.1, 0.15) is 23.3 Å². The van der Waals surface area contributed by atoms with Crippen LogP contribution in [-0.4, -0.2) is 21.8 Å². The number of anilines is 1. The summed E-state index contributed by atoms with van der Waals surface area (Å²) in [5, 5.41) is 4.91. The Bertz CT molecular complexity index is 1640. The van der Waals surface area contributed by atoms with E-state index in [0.29, 0.717) is 5.11 Å². The number of thiocarbonyl (C=S) groups is 1. The lowest BCUT2D eigenvalue weighted by Crippen LogP contribution is -2.30. The van der Waals surface area contributed by atoms with Crippen LogP contribution in [0.3, 0.4) is 0 Å². The van der Waals surface area contributed by atoms with Gasteiger partial charge in [0.2, 0.25) is 0 Å². The summed E-state index contributed by atoms with van der Waals surface area (Å²) in [5.74, 6) is 2.24. The van der Waals surface area contributed by atoms with Crippen LogP contribution in [-0.2, 0) is 0 Å². The third-order valence-electron chi connectivity index (χ3n) is 7.01. The van der Waals surface area contributed by atoms with Crippen molar-refractivity contribution >= 4 is 34.6 Å². The molecule has 0 spiro atoms. The fraction of sp³-hybridized carbons (Fsp3) is 0.125. The highest BCUT2D eigenvalue weighted by molar-refractivity contribution is 7.80. The van der Waals surface area contributed by atoms with Gasteiger partial charge in [-0.05, 0) is 116 Å². The van der Waals surface area contributed by atoms with Crippen molar-refractivity contribution in [3.63, 3.8) is 0 Å². The molecule has 3 aromatic carbocycles. The van der Waals surface area contributed by atoms with Gasteiger partial charge in [0, 0.05) is 34.5 Å². The predicted octanol–water partition coefficient (Wildman–Crippen LogP) is 7.81. The fourth-order valence-electron chi connectivity index (χ4n) is 5.04. The quantitative estimate of drug-likeness (QED) is 0.203. The molecule has 200 valence electrons. The zero-order valence-corrected chi connectivity index (χ0v) is 23.6. The number of benzene rings is 3. The number of halogens is 1. The van der Waals surface area contributed by atoms with Crippen molar-refractivity contribution in [3.05, 3.63) is 131 Å². The average molecular weight is 567 g/mol. The van der Waals surface area contributed by atoms with E-state index < -0.39 is 0 Å². The van der Waals surface area contributed by atoms with Gasteiger partial charge >= 0.3 is 0 Å². The van der Waals surface area contributed by atoms with E-state index in [1.807, 2.05) is 92.0 Å². The highest BCUT2D eigenvalue weighted by atomic mass is 35.5. The minimum absolute atomic E-state index is 0.161. The van der Waals surface area contributed by atoms with E-state index in [-0.39, 0.29) is 12.1 Å². The van der Waals surface area contributed by atoms with Gasteiger partial charge < -0.3 is 24.3 Å². The van der Waals surface area contributed by atoms with Crippen LogP contribution in [0.4, 0.5) is 5.69 Å². The number of aryl methyl sites for hydroxylation is 1. The van der Waals surface area contributed by atoms with Gasteiger partial charge in [0.25, 0.3) is 0 Å². The molecule has 8 heteroatoms. The summed E-state index contributed by atoms with van der Waals surface area (Å²) < 4.78 is 13.5. The lowest BCUT2D eigenvalue weighted by atomic mass is 10.0. The zero-order chi connectivity index (χ0) is 27.6. The average Bonchev–Trinajstić information content (AvgIpc) is 3.60. The summed E-state index contributed by atoms with van der Waals surface area (Å²) in [5.41, 5.74) is 4.98. The molecule has 0 unspecified atom stereocenters. The van der Waals surface area contributed by atoms with Crippen LogP contribution in [0.15, 0.2) is 109 Å². The van der Waals surface area contributed by atoms with E-state index in [9.17, 15) is 0 Å². The van der Waals surface area contributed by atoms with Crippen LogP contribution in [0.25, 0.3) is 5.69 Å². The Morgan fingerprint density at radius 2 is 1.55 bits per heavy atom. The number of hydrogen-bond donors (Lipinski definition) is 1. The lowest BCUT2D eigenvalue weighted by molar-refractivity contribution is 0.413. The van der Waals surface area contributed by atoms with Crippen molar-refractivity contribution in [1.29, 1.82) is 0 Å². The lowest BCUT2D eigenvalue weighted by Gasteiger charge is -2.29. The summed E-state index contributed by atoms with van der Waals surface area (Å²) in [6, 6.07) is 31.3. The molecule has 1 saturated heterocycles. The van der Waals surface area contributed by atoms with Crippen molar-refractivity contribution in [2.24, 2.45) is 0 Å². The van der Waals surface area contributed by atoms with Gasteiger partial charge in [-0.2, -0.15) is 0 Å². The molecular weight excluding hydrogens is 540 g/mol. The Hall–Kier alpha value is -4.33. The molecule has 0 amide bonds. The minimum atomic E-state index is -0.165. The maximum atomic E-state index is 6.34. The summed E-state index contributed by atoms with van der Waals surface area (Å²) in [7, 11) is 1.64. The second-order valence-corrected chi connectivity index (χ2v) is 10.3. The first-order chi connectivity index (χ1) is 19.5. The van der Waals surface area contributed by atoms with E-state index in [4.69, 9.17) is 33.3 Å². The SMILES string of the molecule is COc1ccc(Oc2ccc(N3C(=S)N[C@H](c4ccccn4)[C@@H]3c3cccn3-c3ccc(Cl)c(C)c3)cc2)cc1. The van der Waals surface area contributed by atoms with Crippen molar-refractivity contribution in [1.82, 2.24) is 14.9 Å². The Labute approximate surface area is 243 Å². The van der Waals surface area contributed by atoms with Gasteiger partial charge in [0.15, 0.2) is 5.11 Å². The molecule has 5 aromatic rings. The Morgan fingerprint density at radius 3 is 2.23 bits per heavy atom. The standard InChI is InChI=1S/C32H27ClN4O2S/c1-21-20-23(10-17-27(21)33)36-19-5-7-29(36)31-30(28-6-3-4-18-34-28)35-32(40)37(31)22-8-11-25(12-9-22)39-26-15-13-24(38-2)14-16-26/h3-20,30-31H,1-2H3,(H,35,40)/t30-,31+/m1/s1. The molecular formula is C32H27ClN4O2S. The highest BCUT2D eigenvalue weighted by Crippen LogP contribution is 2.43. The zero-order valence-electron chi connectivity index (χ0n) is 22.0. The van der Waals surface area contributed by atoms with Gasteiger partial charge in [-0.15, -0.1) is 0 Å². The van der Waals surface area contributed by atoms with Crippen LogP contribution in [0, 0.1) is 6.92 Å². The van der Waals surface area contributed by atoms with Crippen LogP contribution < -0.4 is 19.7 Å². The molecule has 0 aliphatic carbocycles. The van der Waals surface area contributed by atoms with Crippen molar-refractivity contribution in [3.8, 4) is 22.9 Å². The minimum Gasteiger partial charge on any atom is -0.497 e. The van der Waals surface area contributed by atoms with Crippen LogP contribution in [0.5, 0.6) is 17.2 Å². The summed E-state index contributed by atoms with van der Waals surface area (Å²) >= 11 is 12.3. The molecule has 2 atom stereocenters. The summed E-state index contributed by atoms with van der Waals surface area (Å²) in [6.45, 7) is 2.01. The molecule has 0 bridgehead atoms. The molecule has 3 heterocycles. The maximum Gasteiger partial charge on any atom is 0.174 e. The van der Waals surface area contributed by atoms with E-state index >= 15 is 0 Å². The summed E-state index contributed by atoms with van der Waals surface area (Å²) in [6.07, 6.45) is 3.88. The van der Waals surface area contributed by atoms with Crippen LogP contribution in [0.1, 0.15) is 29.0 Å². The van der Waals surface area contributed by atoms with Gasteiger partial charge in [-0.1, -0.05) is 17.7 Å². The normalized spacial score (nSPS) is 16.6. The molecule has 0 radical (unpaired) electrons.